The Morgan fingerprint density at radius 2 is 1.71 bits per heavy atom. The number of ether oxygens (including phenoxy) is 1. The molecule has 2 aliphatic heterocycles. The molecule has 1 fully saturated rings. The van der Waals surface area contributed by atoms with Crippen molar-refractivity contribution in [3.63, 3.8) is 0 Å². The molecule has 0 aliphatic carbocycles. The van der Waals surface area contributed by atoms with Crippen LogP contribution in [-0.4, -0.2) is 35.6 Å². The summed E-state index contributed by atoms with van der Waals surface area (Å²) in [7, 11) is 1.62. The summed E-state index contributed by atoms with van der Waals surface area (Å²) < 4.78 is 7.15. The van der Waals surface area contributed by atoms with Gasteiger partial charge in [-0.1, -0.05) is 24.3 Å². The van der Waals surface area contributed by atoms with Crippen LogP contribution in [-0.2, 0) is 6.54 Å². The van der Waals surface area contributed by atoms with Crippen molar-refractivity contribution in [2.45, 2.75) is 25.8 Å². The molecule has 158 valence electrons. The number of aryl methyl sites for hydroxylation is 1. The van der Waals surface area contributed by atoms with Crippen LogP contribution in [0.4, 0.5) is 0 Å². The molecular formula is C26H26N2O3. The fraction of sp³-hybridized carbons (Fsp3) is 0.308. The van der Waals surface area contributed by atoms with E-state index in [1.807, 2.05) is 71.0 Å². The minimum absolute atomic E-state index is 0.0460. The van der Waals surface area contributed by atoms with Crippen LogP contribution >= 0.6 is 0 Å². The molecule has 5 rings (SSSR count). The zero-order chi connectivity index (χ0) is 21.5. The van der Waals surface area contributed by atoms with E-state index in [1.54, 1.807) is 7.11 Å². The van der Waals surface area contributed by atoms with Gasteiger partial charge in [-0.2, -0.15) is 0 Å². The standard InChI is InChI=1S/C26H26N2O3/c1-17-5-3-4-6-22(17)23-11-12-24-20-13-18(15-28(24)26(23)30)14-27(16-20)25(29)19-7-9-21(31-2)10-8-19/h3-12,18,20H,13-16H2,1-2H3. The molecule has 5 heteroatoms. The van der Waals surface area contributed by atoms with E-state index in [1.165, 1.54) is 0 Å². The third-order valence-corrected chi connectivity index (χ3v) is 6.66. The molecule has 0 saturated carbocycles. The van der Waals surface area contributed by atoms with E-state index in [4.69, 9.17) is 4.74 Å². The number of benzene rings is 2. The Morgan fingerprint density at radius 1 is 0.935 bits per heavy atom. The first-order valence-electron chi connectivity index (χ1n) is 10.8. The van der Waals surface area contributed by atoms with Gasteiger partial charge in [-0.05, 0) is 66.8 Å². The highest BCUT2D eigenvalue weighted by Crippen LogP contribution is 2.36. The number of likely N-dealkylation sites (tertiary alicyclic amines) is 1. The van der Waals surface area contributed by atoms with Gasteiger partial charge in [0.05, 0.1) is 7.11 Å². The third kappa shape index (κ3) is 3.44. The number of carbonyl (C=O) groups is 1. The molecule has 2 atom stereocenters. The molecular weight excluding hydrogens is 388 g/mol. The molecule has 0 N–H and O–H groups in total. The fourth-order valence-electron chi connectivity index (χ4n) is 5.11. The number of rotatable bonds is 3. The van der Waals surface area contributed by atoms with E-state index >= 15 is 0 Å². The van der Waals surface area contributed by atoms with Crippen molar-refractivity contribution in [3.05, 3.63) is 87.8 Å². The normalized spacial score (nSPS) is 19.6. The first kappa shape index (κ1) is 19.6. The fourth-order valence-corrected chi connectivity index (χ4v) is 5.11. The van der Waals surface area contributed by atoms with Gasteiger partial charge in [0.25, 0.3) is 11.5 Å². The van der Waals surface area contributed by atoms with Crippen LogP contribution in [0.1, 0.15) is 34.0 Å². The van der Waals surface area contributed by atoms with Gasteiger partial charge >= 0.3 is 0 Å². The number of hydrogen-bond acceptors (Lipinski definition) is 3. The number of carbonyl (C=O) groups excluding carboxylic acids is 1. The lowest BCUT2D eigenvalue weighted by molar-refractivity contribution is 0.0594. The van der Waals surface area contributed by atoms with Crippen LogP contribution in [0.25, 0.3) is 11.1 Å². The van der Waals surface area contributed by atoms with Gasteiger partial charge < -0.3 is 14.2 Å². The van der Waals surface area contributed by atoms with Crippen molar-refractivity contribution in [1.29, 1.82) is 0 Å². The molecule has 1 aromatic heterocycles. The highest BCUT2D eigenvalue weighted by Gasteiger charge is 2.37. The Bertz CT molecular complexity index is 1200. The Labute approximate surface area is 181 Å². The van der Waals surface area contributed by atoms with Crippen LogP contribution < -0.4 is 10.3 Å². The van der Waals surface area contributed by atoms with Crippen LogP contribution in [0, 0.1) is 12.8 Å². The van der Waals surface area contributed by atoms with Crippen LogP contribution in [0.2, 0.25) is 0 Å². The molecule has 0 spiro atoms. The average molecular weight is 415 g/mol. The molecule has 2 aromatic carbocycles. The Balaban J connectivity index is 1.44. The summed E-state index contributed by atoms with van der Waals surface area (Å²) in [6.07, 6.45) is 1.02. The number of methoxy groups -OCH3 is 1. The highest BCUT2D eigenvalue weighted by atomic mass is 16.5. The number of fused-ring (bicyclic) bond motifs is 4. The number of pyridine rings is 1. The molecule has 2 unspecified atom stereocenters. The van der Waals surface area contributed by atoms with E-state index in [0.29, 0.717) is 31.1 Å². The summed E-state index contributed by atoms with van der Waals surface area (Å²) in [6.45, 7) is 4.03. The maximum absolute atomic E-state index is 13.4. The van der Waals surface area contributed by atoms with Gasteiger partial charge in [-0.15, -0.1) is 0 Å². The second-order valence-electron chi connectivity index (χ2n) is 8.64. The zero-order valence-electron chi connectivity index (χ0n) is 17.9. The summed E-state index contributed by atoms with van der Waals surface area (Å²) in [5, 5.41) is 0. The van der Waals surface area contributed by atoms with Crippen molar-refractivity contribution in [2.24, 2.45) is 5.92 Å². The summed E-state index contributed by atoms with van der Waals surface area (Å²) in [5.74, 6) is 1.26. The van der Waals surface area contributed by atoms with Crippen LogP contribution in [0.5, 0.6) is 5.75 Å². The molecule has 1 amide bonds. The SMILES string of the molecule is COc1ccc(C(=O)N2CC3CC(C2)c2ccc(-c4ccccc4C)c(=O)n2C3)cc1. The van der Waals surface area contributed by atoms with Crippen molar-refractivity contribution < 1.29 is 9.53 Å². The van der Waals surface area contributed by atoms with Crippen molar-refractivity contribution in [3.8, 4) is 16.9 Å². The number of amides is 1. The number of aromatic nitrogens is 1. The van der Waals surface area contributed by atoms with E-state index in [2.05, 4.69) is 6.07 Å². The summed E-state index contributed by atoms with van der Waals surface area (Å²) in [4.78, 5) is 28.4. The minimum Gasteiger partial charge on any atom is -0.497 e. The molecule has 1 saturated heterocycles. The molecule has 3 heterocycles. The number of hydrogen-bond donors (Lipinski definition) is 0. The molecule has 2 bridgehead atoms. The maximum atomic E-state index is 13.4. The second kappa shape index (κ2) is 7.73. The van der Waals surface area contributed by atoms with E-state index in [-0.39, 0.29) is 17.4 Å². The first-order chi connectivity index (χ1) is 15.0. The first-order valence-corrected chi connectivity index (χ1v) is 10.8. The van der Waals surface area contributed by atoms with Gasteiger partial charge in [0, 0.05) is 42.4 Å². The maximum Gasteiger partial charge on any atom is 0.258 e. The highest BCUT2D eigenvalue weighted by molar-refractivity contribution is 5.94. The summed E-state index contributed by atoms with van der Waals surface area (Å²) >= 11 is 0. The summed E-state index contributed by atoms with van der Waals surface area (Å²) in [5.41, 5.74) is 4.66. The number of piperidine rings is 1. The van der Waals surface area contributed by atoms with Gasteiger partial charge in [0.15, 0.2) is 0 Å². The Morgan fingerprint density at radius 3 is 2.45 bits per heavy atom. The molecule has 5 nitrogen and oxygen atoms in total. The monoisotopic (exact) mass is 414 g/mol. The quantitative estimate of drug-likeness (QED) is 0.649. The lowest BCUT2D eigenvalue weighted by Gasteiger charge is -2.43. The van der Waals surface area contributed by atoms with Crippen molar-refractivity contribution >= 4 is 5.91 Å². The lowest BCUT2D eigenvalue weighted by Crippen LogP contribution is -2.49. The number of nitrogens with zero attached hydrogens (tertiary/aromatic N) is 2. The van der Waals surface area contributed by atoms with Gasteiger partial charge in [-0.25, -0.2) is 0 Å². The molecule has 31 heavy (non-hydrogen) atoms. The topological polar surface area (TPSA) is 51.5 Å². The molecule has 0 radical (unpaired) electrons. The second-order valence-corrected chi connectivity index (χ2v) is 8.64. The zero-order valence-corrected chi connectivity index (χ0v) is 17.9. The lowest BCUT2D eigenvalue weighted by atomic mass is 9.82. The predicted octanol–water partition coefficient (Wildman–Crippen LogP) is 4.09. The summed E-state index contributed by atoms with van der Waals surface area (Å²) in [6, 6.07) is 19.3. The molecule has 3 aromatic rings. The smallest absolute Gasteiger partial charge is 0.258 e. The van der Waals surface area contributed by atoms with E-state index < -0.39 is 0 Å². The Hall–Kier alpha value is -3.34. The third-order valence-electron chi connectivity index (χ3n) is 6.66. The van der Waals surface area contributed by atoms with E-state index in [9.17, 15) is 9.59 Å². The van der Waals surface area contributed by atoms with Crippen molar-refractivity contribution in [2.75, 3.05) is 20.2 Å². The van der Waals surface area contributed by atoms with Crippen LogP contribution in [0.3, 0.4) is 0 Å². The van der Waals surface area contributed by atoms with E-state index in [0.717, 1.165) is 34.6 Å². The largest absolute Gasteiger partial charge is 0.497 e. The van der Waals surface area contributed by atoms with Crippen LogP contribution in [0.15, 0.2) is 65.5 Å². The van der Waals surface area contributed by atoms with Gasteiger partial charge in [0.2, 0.25) is 0 Å². The Kier molecular flexibility index (Phi) is 4.89. The van der Waals surface area contributed by atoms with Gasteiger partial charge in [-0.3, -0.25) is 9.59 Å². The predicted molar refractivity (Wildman–Crippen MR) is 121 cm³/mol. The van der Waals surface area contributed by atoms with Crippen molar-refractivity contribution in [1.82, 2.24) is 9.47 Å². The average Bonchev–Trinajstić information content (AvgIpc) is 2.80. The van der Waals surface area contributed by atoms with Gasteiger partial charge in [0.1, 0.15) is 5.75 Å². The minimum atomic E-state index is 0.0460. The molecule has 2 aliphatic rings.